The maximum atomic E-state index is 12.2. The Hall–Kier alpha value is -1.83. The number of ether oxygens (including phenoxy) is 3. The first-order valence-electron chi connectivity index (χ1n) is 7.29. The summed E-state index contributed by atoms with van der Waals surface area (Å²) in [5.41, 5.74) is 4.50. The Kier molecular flexibility index (Phi) is 4.19. The highest BCUT2D eigenvalue weighted by Gasteiger charge is 2.36. The van der Waals surface area contributed by atoms with Gasteiger partial charge < -0.3 is 19.1 Å². The van der Waals surface area contributed by atoms with Crippen LogP contribution in [0.1, 0.15) is 22.1 Å². The van der Waals surface area contributed by atoms with Gasteiger partial charge in [0.25, 0.3) is 0 Å². The van der Waals surface area contributed by atoms with E-state index in [4.69, 9.17) is 14.2 Å². The minimum Gasteiger partial charge on any atom is -0.493 e. The number of esters is 1. The third kappa shape index (κ3) is 2.63. The SMILES string of the molecule is COc1ccc2c(c1OC)C(=O)O[C@@H]2NN1CCN(C)CC1. The van der Waals surface area contributed by atoms with Crippen LogP contribution in [-0.2, 0) is 4.74 Å². The monoisotopic (exact) mass is 307 g/mol. The number of cyclic esters (lactones) is 1. The molecule has 7 heteroatoms. The number of nitrogens with zero attached hydrogens (tertiary/aromatic N) is 2. The van der Waals surface area contributed by atoms with Crippen LogP contribution in [0.15, 0.2) is 12.1 Å². The van der Waals surface area contributed by atoms with E-state index in [0.717, 1.165) is 31.7 Å². The van der Waals surface area contributed by atoms with E-state index in [-0.39, 0.29) is 0 Å². The van der Waals surface area contributed by atoms with E-state index in [1.54, 1.807) is 13.2 Å². The summed E-state index contributed by atoms with van der Waals surface area (Å²) in [7, 11) is 5.16. The summed E-state index contributed by atoms with van der Waals surface area (Å²) < 4.78 is 16.0. The van der Waals surface area contributed by atoms with Gasteiger partial charge in [-0.2, -0.15) is 0 Å². The third-order valence-corrected chi connectivity index (χ3v) is 4.09. The number of hydrazine groups is 1. The standard InChI is InChI=1S/C15H21N3O4/c1-17-6-8-18(9-7-17)16-14-10-4-5-11(20-2)13(21-3)12(10)15(19)22-14/h4-5,14,16H,6-9H2,1-3H3/t14-/m0/s1. The Morgan fingerprint density at radius 1 is 1.18 bits per heavy atom. The van der Waals surface area contributed by atoms with Crippen molar-refractivity contribution in [3.63, 3.8) is 0 Å². The molecule has 1 saturated heterocycles. The molecule has 2 aliphatic heterocycles. The molecule has 1 N–H and O–H groups in total. The maximum Gasteiger partial charge on any atom is 0.344 e. The van der Waals surface area contributed by atoms with Crippen LogP contribution in [0.4, 0.5) is 0 Å². The molecule has 0 radical (unpaired) electrons. The van der Waals surface area contributed by atoms with E-state index < -0.39 is 12.2 Å². The number of hydrogen-bond donors (Lipinski definition) is 1. The molecule has 2 aliphatic rings. The van der Waals surface area contributed by atoms with Gasteiger partial charge in [0.1, 0.15) is 5.56 Å². The Morgan fingerprint density at radius 2 is 1.91 bits per heavy atom. The number of carbonyl (C=O) groups excluding carboxylic acids is 1. The van der Waals surface area contributed by atoms with Gasteiger partial charge in [0.2, 0.25) is 0 Å². The average molecular weight is 307 g/mol. The molecule has 7 nitrogen and oxygen atoms in total. The van der Waals surface area contributed by atoms with Crippen molar-refractivity contribution in [2.24, 2.45) is 0 Å². The smallest absolute Gasteiger partial charge is 0.344 e. The second-order valence-electron chi connectivity index (χ2n) is 5.47. The molecule has 0 unspecified atom stereocenters. The van der Waals surface area contributed by atoms with Crippen LogP contribution in [0.5, 0.6) is 11.5 Å². The van der Waals surface area contributed by atoms with Crippen molar-refractivity contribution < 1.29 is 19.0 Å². The van der Waals surface area contributed by atoms with Gasteiger partial charge in [-0.05, 0) is 19.2 Å². The largest absolute Gasteiger partial charge is 0.493 e. The zero-order valence-electron chi connectivity index (χ0n) is 13.1. The zero-order chi connectivity index (χ0) is 15.7. The molecule has 3 rings (SSSR count). The number of likely N-dealkylation sites (N-methyl/N-ethyl adjacent to an activating group) is 1. The fraction of sp³-hybridized carbons (Fsp3) is 0.533. The van der Waals surface area contributed by atoms with Crippen LogP contribution in [0.25, 0.3) is 0 Å². The molecule has 22 heavy (non-hydrogen) atoms. The molecule has 0 aliphatic carbocycles. The maximum absolute atomic E-state index is 12.2. The van der Waals surface area contributed by atoms with Crippen LogP contribution >= 0.6 is 0 Å². The summed E-state index contributed by atoms with van der Waals surface area (Å²) in [4.78, 5) is 14.5. The van der Waals surface area contributed by atoms with Crippen LogP contribution in [0.2, 0.25) is 0 Å². The second-order valence-corrected chi connectivity index (χ2v) is 5.47. The molecule has 2 heterocycles. The van der Waals surface area contributed by atoms with E-state index in [1.807, 2.05) is 6.07 Å². The van der Waals surface area contributed by atoms with Gasteiger partial charge in [-0.25, -0.2) is 15.2 Å². The number of fused-ring (bicyclic) bond motifs is 1. The van der Waals surface area contributed by atoms with E-state index in [9.17, 15) is 4.79 Å². The molecule has 1 aromatic rings. The van der Waals surface area contributed by atoms with E-state index >= 15 is 0 Å². The molecule has 0 saturated carbocycles. The van der Waals surface area contributed by atoms with Crippen LogP contribution < -0.4 is 14.9 Å². The Labute approximate surface area is 129 Å². The topological polar surface area (TPSA) is 63.3 Å². The Morgan fingerprint density at radius 3 is 2.55 bits per heavy atom. The van der Waals surface area contributed by atoms with Gasteiger partial charge in [-0.1, -0.05) is 0 Å². The average Bonchev–Trinajstić information content (AvgIpc) is 2.85. The summed E-state index contributed by atoms with van der Waals surface area (Å²) in [6.45, 7) is 3.72. The van der Waals surface area contributed by atoms with Crippen LogP contribution in [0, 0.1) is 0 Å². The molecule has 0 aromatic heterocycles. The summed E-state index contributed by atoms with van der Waals surface area (Å²) in [6.07, 6.45) is -0.481. The van der Waals surface area contributed by atoms with E-state index in [2.05, 4.69) is 22.4 Å². The Balaban J connectivity index is 1.82. The minimum atomic E-state index is -0.481. The lowest BCUT2D eigenvalue weighted by Gasteiger charge is -2.34. The normalized spacial score (nSPS) is 22.3. The van der Waals surface area contributed by atoms with Crippen molar-refractivity contribution in [1.82, 2.24) is 15.3 Å². The zero-order valence-corrected chi connectivity index (χ0v) is 13.1. The predicted octanol–water partition coefficient (Wildman–Crippen LogP) is 0.625. The number of methoxy groups -OCH3 is 2. The number of piperazine rings is 1. The first kappa shape index (κ1) is 15.1. The number of nitrogens with one attached hydrogen (secondary N) is 1. The predicted molar refractivity (Wildman–Crippen MR) is 79.9 cm³/mol. The fourth-order valence-corrected chi connectivity index (χ4v) is 2.80. The summed E-state index contributed by atoms with van der Waals surface area (Å²) in [6, 6.07) is 3.63. The molecule has 120 valence electrons. The lowest BCUT2D eigenvalue weighted by atomic mass is 10.1. The Bertz CT molecular complexity index is 570. The van der Waals surface area contributed by atoms with Crippen molar-refractivity contribution in [2.75, 3.05) is 47.4 Å². The number of benzene rings is 1. The van der Waals surface area contributed by atoms with Crippen molar-refractivity contribution in [2.45, 2.75) is 6.23 Å². The molecular weight excluding hydrogens is 286 g/mol. The van der Waals surface area contributed by atoms with Gasteiger partial charge in [-0.15, -0.1) is 0 Å². The van der Waals surface area contributed by atoms with Gasteiger partial charge in [0, 0.05) is 31.7 Å². The fourth-order valence-electron chi connectivity index (χ4n) is 2.80. The van der Waals surface area contributed by atoms with Crippen molar-refractivity contribution in [3.8, 4) is 11.5 Å². The van der Waals surface area contributed by atoms with Crippen molar-refractivity contribution in [3.05, 3.63) is 23.3 Å². The number of carbonyl (C=O) groups is 1. The summed E-state index contributed by atoms with van der Waals surface area (Å²) in [5.74, 6) is 0.559. The molecular formula is C15H21N3O4. The number of rotatable bonds is 4. The second kappa shape index (κ2) is 6.12. The van der Waals surface area contributed by atoms with Gasteiger partial charge in [0.05, 0.1) is 14.2 Å². The van der Waals surface area contributed by atoms with Gasteiger partial charge in [0.15, 0.2) is 17.7 Å². The van der Waals surface area contributed by atoms with Crippen molar-refractivity contribution >= 4 is 5.97 Å². The highest BCUT2D eigenvalue weighted by atomic mass is 16.6. The molecule has 0 amide bonds. The molecule has 1 aromatic carbocycles. The first-order valence-corrected chi connectivity index (χ1v) is 7.29. The third-order valence-electron chi connectivity index (χ3n) is 4.09. The lowest BCUT2D eigenvalue weighted by Crippen LogP contribution is -2.51. The van der Waals surface area contributed by atoms with Gasteiger partial charge >= 0.3 is 5.97 Å². The highest BCUT2D eigenvalue weighted by molar-refractivity contribution is 5.98. The lowest BCUT2D eigenvalue weighted by molar-refractivity contribution is -0.0123. The van der Waals surface area contributed by atoms with E-state index in [0.29, 0.717) is 17.1 Å². The minimum absolute atomic E-state index is 0.391. The number of hydrogen-bond acceptors (Lipinski definition) is 7. The van der Waals surface area contributed by atoms with Crippen LogP contribution in [-0.4, -0.2) is 63.3 Å². The van der Waals surface area contributed by atoms with E-state index in [1.165, 1.54) is 7.11 Å². The molecule has 0 bridgehead atoms. The molecule has 1 fully saturated rings. The summed E-state index contributed by atoms with van der Waals surface area (Å²) in [5, 5.41) is 2.09. The first-order chi connectivity index (χ1) is 10.6. The summed E-state index contributed by atoms with van der Waals surface area (Å²) >= 11 is 0. The highest BCUT2D eigenvalue weighted by Crippen LogP contribution is 2.40. The molecule has 0 spiro atoms. The molecule has 1 atom stereocenters. The van der Waals surface area contributed by atoms with Crippen molar-refractivity contribution in [1.29, 1.82) is 0 Å². The van der Waals surface area contributed by atoms with Crippen LogP contribution in [0.3, 0.4) is 0 Å². The quantitative estimate of drug-likeness (QED) is 0.818. The van der Waals surface area contributed by atoms with Gasteiger partial charge in [-0.3, -0.25) is 0 Å².